The summed E-state index contributed by atoms with van der Waals surface area (Å²) < 4.78 is 6.63. The second kappa shape index (κ2) is 3.44. The van der Waals surface area contributed by atoms with Crippen LogP contribution in [0.25, 0.3) is 0 Å². The first-order valence-electron chi connectivity index (χ1n) is 4.82. The van der Waals surface area contributed by atoms with E-state index in [2.05, 4.69) is 5.10 Å². The number of esters is 1. The van der Waals surface area contributed by atoms with Crippen LogP contribution >= 0.6 is 0 Å². The van der Waals surface area contributed by atoms with E-state index in [9.17, 15) is 4.79 Å². The molecule has 1 aliphatic carbocycles. The summed E-state index contributed by atoms with van der Waals surface area (Å²) in [4.78, 5) is 11.5. The molecule has 0 saturated carbocycles. The Bertz CT molecular complexity index is 357. The maximum Gasteiger partial charge on any atom is 0.313 e. The van der Waals surface area contributed by atoms with Gasteiger partial charge in [-0.25, -0.2) is 0 Å². The molecule has 0 aliphatic heterocycles. The van der Waals surface area contributed by atoms with Gasteiger partial charge in [-0.05, 0) is 19.3 Å². The second-order valence-electron chi connectivity index (χ2n) is 3.64. The fraction of sp³-hybridized carbons (Fsp3) is 0.600. The first kappa shape index (κ1) is 9.24. The summed E-state index contributed by atoms with van der Waals surface area (Å²) in [6.45, 7) is 0. The summed E-state index contributed by atoms with van der Waals surface area (Å²) >= 11 is 0. The molecule has 0 aromatic carbocycles. The Kier molecular flexibility index (Phi) is 2.27. The molecule has 0 spiro atoms. The van der Waals surface area contributed by atoms with Crippen LogP contribution in [0.1, 0.15) is 30.0 Å². The van der Waals surface area contributed by atoms with Gasteiger partial charge in [0.05, 0.1) is 19.2 Å². The number of ether oxygens (including phenoxy) is 1. The van der Waals surface area contributed by atoms with Crippen molar-refractivity contribution in [1.29, 1.82) is 0 Å². The molecule has 14 heavy (non-hydrogen) atoms. The first-order chi connectivity index (χ1) is 6.74. The lowest BCUT2D eigenvalue weighted by molar-refractivity contribution is -0.142. The van der Waals surface area contributed by atoms with Crippen molar-refractivity contribution in [3.63, 3.8) is 0 Å². The summed E-state index contributed by atoms with van der Waals surface area (Å²) in [5.41, 5.74) is 2.22. The molecule has 0 fully saturated rings. The Hall–Kier alpha value is -1.32. The number of hydrogen-bond donors (Lipinski definition) is 0. The van der Waals surface area contributed by atoms with Gasteiger partial charge in [-0.2, -0.15) is 5.10 Å². The topological polar surface area (TPSA) is 44.1 Å². The summed E-state index contributed by atoms with van der Waals surface area (Å²) in [5.74, 6) is -0.239. The molecule has 0 bridgehead atoms. The lowest BCUT2D eigenvalue weighted by atomic mass is 9.87. The number of aromatic nitrogens is 2. The molecule has 1 heterocycles. The number of hydrogen-bond acceptors (Lipinski definition) is 3. The maximum atomic E-state index is 11.5. The van der Waals surface area contributed by atoms with Crippen LogP contribution in [0.5, 0.6) is 0 Å². The molecule has 4 nitrogen and oxygen atoms in total. The molecule has 0 N–H and O–H groups in total. The van der Waals surface area contributed by atoms with Crippen LogP contribution < -0.4 is 0 Å². The average Bonchev–Trinajstić information content (AvgIpc) is 2.59. The zero-order chi connectivity index (χ0) is 10.1. The molecule has 0 amide bonds. The highest BCUT2D eigenvalue weighted by Crippen LogP contribution is 2.31. The Labute approximate surface area is 82.9 Å². The highest BCUT2D eigenvalue weighted by Gasteiger charge is 2.29. The minimum absolute atomic E-state index is 0.0996. The van der Waals surface area contributed by atoms with Gasteiger partial charge in [0.25, 0.3) is 0 Å². The second-order valence-corrected chi connectivity index (χ2v) is 3.64. The third-order valence-electron chi connectivity index (χ3n) is 2.86. The van der Waals surface area contributed by atoms with E-state index in [1.807, 2.05) is 11.7 Å². The van der Waals surface area contributed by atoms with Crippen LogP contribution in [0.3, 0.4) is 0 Å². The lowest BCUT2D eigenvalue weighted by Gasteiger charge is -2.20. The molecular weight excluding hydrogens is 180 g/mol. The van der Waals surface area contributed by atoms with Crippen molar-refractivity contribution in [2.75, 3.05) is 7.11 Å². The van der Waals surface area contributed by atoms with Crippen LogP contribution in [0, 0.1) is 0 Å². The van der Waals surface area contributed by atoms with Gasteiger partial charge in [0.15, 0.2) is 0 Å². The van der Waals surface area contributed by atoms with Crippen LogP contribution in [-0.2, 0) is 23.0 Å². The Morgan fingerprint density at radius 3 is 3.21 bits per heavy atom. The maximum absolute atomic E-state index is 11.5. The minimum Gasteiger partial charge on any atom is -0.469 e. The highest BCUT2D eigenvalue weighted by molar-refractivity contribution is 5.78. The molecule has 1 aromatic heterocycles. The van der Waals surface area contributed by atoms with Crippen LogP contribution in [0.15, 0.2) is 6.20 Å². The molecule has 1 atom stereocenters. The molecule has 76 valence electrons. The standard InChI is InChI=1S/C10H14N2O2/c1-12-9-5-3-4-7(10(13)14-2)8(9)6-11-12/h6-7H,3-5H2,1-2H3/t7-/m0/s1. The number of fused-ring (bicyclic) bond motifs is 1. The van der Waals surface area contributed by atoms with E-state index in [0.717, 1.165) is 24.8 Å². The number of nitrogens with zero attached hydrogens (tertiary/aromatic N) is 2. The third kappa shape index (κ3) is 1.31. The molecule has 0 radical (unpaired) electrons. The summed E-state index contributed by atoms with van der Waals surface area (Å²) in [5, 5.41) is 4.17. The van der Waals surface area contributed by atoms with Gasteiger partial charge in [0.2, 0.25) is 0 Å². The molecule has 2 rings (SSSR count). The van der Waals surface area contributed by atoms with Crippen molar-refractivity contribution in [1.82, 2.24) is 9.78 Å². The molecule has 0 unspecified atom stereocenters. The smallest absolute Gasteiger partial charge is 0.313 e. The van der Waals surface area contributed by atoms with E-state index in [4.69, 9.17) is 4.74 Å². The quantitative estimate of drug-likeness (QED) is 0.627. The molecule has 1 aromatic rings. The van der Waals surface area contributed by atoms with Crippen molar-refractivity contribution >= 4 is 5.97 Å². The number of carbonyl (C=O) groups excluding carboxylic acids is 1. The summed E-state index contributed by atoms with van der Waals surface area (Å²) in [7, 11) is 3.35. The Balaban J connectivity index is 2.36. The fourth-order valence-electron chi connectivity index (χ4n) is 2.09. The van der Waals surface area contributed by atoms with Crippen LogP contribution in [0.2, 0.25) is 0 Å². The Morgan fingerprint density at radius 1 is 1.71 bits per heavy atom. The molecule has 0 saturated heterocycles. The van der Waals surface area contributed by atoms with Crippen molar-refractivity contribution in [2.45, 2.75) is 25.2 Å². The van der Waals surface area contributed by atoms with Gasteiger partial charge >= 0.3 is 5.97 Å². The molecule has 1 aliphatic rings. The van der Waals surface area contributed by atoms with E-state index < -0.39 is 0 Å². The summed E-state index contributed by atoms with van der Waals surface area (Å²) in [6, 6.07) is 0. The average molecular weight is 194 g/mol. The summed E-state index contributed by atoms with van der Waals surface area (Å²) in [6.07, 6.45) is 4.72. The fourth-order valence-corrected chi connectivity index (χ4v) is 2.09. The number of methoxy groups -OCH3 is 1. The number of rotatable bonds is 1. The van der Waals surface area contributed by atoms with E-state index in [0.29, 0.717) is 0 Å². The van der Waals surface area contributed by atoms with Gasteiger partial charge in [-0.15, -0.1) is 0 Å². The number of aryl methyl sites for hydroxylation is 1. The van der Waals surface area contributed by atoms with E-state index in [1.165, 1.54) is 12.8 Å². The minimum atomic E-state index is -0.140. The molecular formula is C10H14N2O2. The SMILES string of the molecule is COC(=O)[C@H]1CCCc2c1cnn2C. The van der Waals surface area contributed by atoms with Crippen molar-refractivity contribution in [2.24, 2.45) is 7.05 Å². The molecule has 4 heteroatoms. The van der Waals surface area contributed by atoms with Gasteiger partial charge < -0.3 is 4.74 Å². The predicted molar refractivity (Wildman–Crippen MR) is 50.9 cm³/mol. The van der Waals surface area contributed by atoms with Crippen LogP contribution in [-0.4, -0.2) is 22.9 Å². The van der Waals surface area contributed by atoms with E-state index >= 15 is 0 Å². The van der Waals surface area contributed by atoms with Gasteiger partial charge in [-0.3, -0.25) is 9.48 Å². The lowest BCUT2D eigenvalue weighted by Crippen LogP contribution is -2.19. The van der Waals surface area contributed by atoms with Crippen molar-refractivity contribution < 1.29 is 9.53 Å². The zero-order valence-electron chi connectivity index (χ0n) is 8.49. The van der Waals surface area contributed by atoms with Crippen molar-refractivity contribution in [3.05, 3.63) is 17.5 Å². The first-order valence-corrected chi connectivity index (χ1v) is 4.82. The van der Waals surface area contributed by atoms with E-state index in [-0.39, 0.29) is 11.9 Å². The Morgan fingerprint density at radius 2 is 2.50 bits per heavy atom. The van der Waals surface area contributed by atoms with Crippen molar-refractivity contribution in [3.8, 4) is 0 Å². The number of carbonyl (C=O) groups is 1. The van der Waals surface area contributed by atoms with E-state index in [1.54, 1.807) is 6.20 Å². The third-order valence-corrected chi connectivity index (χ3v) is 2.86. The zero-order valence-corrected chi connectivity index (χ0v) is 8.49. The highest BCUT2D eigenvalue weighted by atomic mass is 16.5. The normalized spacial score (nSPS) is 20.3. The van der Waals surface area contributed by atoms with Gasteiger partial charge in [-0.1, -0.05) is 0 Å². The monoisotopic (exact) mass is 194 g/mol. The van der Waals surface area contributed by atoms with Gasteiger partial charge in [0.1, 0.15) is 0 Å². The predicted octanol–water partition coefficient (Wildman–Crippen LogP) is 1.01. The van der Waals surface area contributed by atoms with Gasteiger partial charge in [0, 0.05) is 18.3 Å². The van der Waals surface area contributed by atoms with Crippen LogP contribution in [0.4, 0.5) is 0 Å². The largest absolute Gasteiger partial charge is 0.469 e.